The highest BCUT2D eigenvalue weighted by atomic mass is 79.9. The Balaban J connectivity index is 0.000000243. The van der Waals surface area contributed by atoms with Gasteiger partial charge in [0.2, 0.25) is 0 Å². The highest BCUT2D eigenvalue weighted by molar-refractivity contribution is 9.10. The normalized spacial score (nSPS) is 9.92. The number of carbonyl (C=O) groups excluding carboxylic acids is 1. The number of phenols is 2. The van der Waals surface area contributed by atoms with E-state index in [1.165, 1.54) is 18.2 Å². The Labute approximate surface area is 152 Å². The molecule has 0 radical (unpaired) electrons. The molecule has 24 heavy (non-hydrogen) atoms. The molecule has 0 aromatic heterocycles. The Bertz CT molecular complexity index is 707. The van der Waals surface area contributed by atoms with E-state index in [0.717, 1.165) is 13.2 Å². The lowest BCUT2D eigenvalue weighted by atomic mass is 10.2. The van der Waals surface area contributed by atoms with Crippen molar-refractivity contribution in [2.24, 2.45) is 0 Å². The second-order valence-corrected chi connectivity index (χ2v) is 6.15. The minimum Gasteiger partial charge on any atom is -0.507 e. The van der Waals surface area contributed by atoms with Crippen LogP contribution in [0.2, 0.25) is 0 Å². The van der Waals surface area contributed by atoms with Crippen LogP contribution in [0.5, 0.6) is 11.5 Å². The predicted molar refractivity (Wildman–Crippen MR) is 88.8 cm³/mol. The molecule has 0 bridgehead atoms. The largest absolute Gasteiger partial charge is 0.507 e. The molecule has 2 rings (SSSR count). The van der Waals surface area contributed by atoms with E-state index in [1.54, 1.807) is 0 Å². The molecule has 0 aliphatic heterocycles. The molecule has 9 heteroatoms. The number of aliphatic hydroxyl groups is 1. The molecule has 0 fully saturated rings. The fraction of sp³-hybridized carbons (Fsp3) is 0.133. The van der Waals surface area contributed by atoms with Crippen molar-refractivity contribution in [2.45, 2.75) is 6.61 Å². The number of aliphatic hydroxyl groups excluding tert-OH is 1. The molecular formula is C15H12Br2F2O5. The summed E-state index contributed by atoms with van der Waals surface area (Å²) in [5.74, 6) is -3.02. The van der Waals surface area contributed by atoms with E-state index in [9.17, 15) is 18.7 Å². The van der Waals surface area contributed by atoms with Crippen molar-refractivity contribution in [1.29, 1.82) is 0 Å². The number of aromatic hydroxyl groups is 2. The van der Waals surface area contributed by atoms with Gasteiger partial charge in [-0.25, -0.2) is 13.6 Å². The SMILES string of the molecule is COC(=O)c1c(O)cc(Br)cc1F.OCc1c(O)cc(Br)cc1F. The van der Waals surface area contributed by atoms with Gasteiger partial charge in [-0.05, 0) is 24.3 Å². The van der Waals surface area contributed by atoms with Crippen LogP contribution in [-0.4, -0.2) is 28.4 Å². The smallest absolute Gasteiger partial charge is 0.344 e. The highest BCUT2D eigenvalue weighted by Gasteiger charge is 2.17. The number of benzene rings is 2. The van der Waals surface area contributed by atoms with Crippen LogP contribution in [0.15, 0.2) is 33.2 Å². The van der Waals surface area contributed by atoms with E-state index in [2.05, 4.69) is 36.6 Å². The Morgan fingerprint density at radius 3 is 1.96 bits per heavy atom. The number of methoxy groups -OCH3 is 1. The zero-order valence-corrected chi connectivity index (χ0v) is 15.4. The molecule has 2 aromatic rings. The van der Waals surface area contributed by atoms with Crippen LogP contribution in [0.3, 0.4) is 0 Å². The van der Waals surface area contributed by atoms with Gasteiger partial charge in [-0.3, -0.25) is 0 Å². The van der Waals surface area contributed by atoms with E-state index in [0.29, 0.717) is 8.95 Å². The van der Waals surface area contributed by atoms with Gasteiger partial charge in [-0.2, -0.15) is 0 Å². The molecule has 0 atom stereocenters. The maximum atomic E-state index is 13.1. The summed E-state index contributed by atoms with van der Waals surface area (Å²) < 4.78 is 30.9. The molecule has 130 valence electrons. The summed E-state index contributed by atoms with van der Waals surface area (Å²) in [5.41, 5.74) is -0.529. The van der Waals surface area contributed by atoms with E-state index in [1.807, 2.05) is 0 Å². The third-order valence-corrected chi connectivity index (χ3v) is 3.63. The summed E-state index contributed by atoms with van der Waals surface area (Å²) in [4.78, 5) is 10.9. The van der Waals surface area contributed by atoms with Crippen LogP contribution in [0.4, 0.5) is 8.78 Å². The summed E-state index contributed by atoms with van der Waals surface area (Å²) in [6.07, 6.45) is 0. The fourth-order valence-electron chi connectivity index (χ4n) is 1.61. The van der Waals surface area contributed by atoms with Crippen LogP contribution in [0.25, 0.3) is 0 Å². The third-order valence-electron chi connectivity index (χ3n) is 2.72. The van der Waals surface area contributed by atoms with E-state index in [-0.39, 0.29) is 11.3 Å². The fourth-order valence-corrected chi connectivity index (χ4v) is 2.45. The van der Waals surface area contributed by atoms with Crippen LogP contribution < -0.4 is 0 Å². The molecule has 0 spiro atoms. The summed E-state index contributed by atoms with van der Waals surface area (Å²) in [5, 5.41) is 26.8. The van der Waals surface area contributed by atoms with E-state index < -0.39 is 35.5 Å². The lowest BCUT2D eigenvalue weighted by Crippen LogP contribution is -2.04. The minimum absolute atomic E-state index is 0.0757. The number of rotatable bonds is 2. The molecule has 0 amide bonds. The first-order valence-corrected chi connectivity index (χ1v) is 7.83. The summed E-state index contributed by atoms with van der Waals surface area (Å²) in [6.45, 7) is -0.495. The van der Waals surface area contributed by atoms with E-state index in [4.69, 9.17) is 10.2 Å². The summed E-state index contributed by atoms with van der Waals surface area (Å²) in [6, 6.07) is 4.81. The van der Waals surface area contributed by atoms with Gasteiger partial charge in [0.1, 0.15) is 28.7 Å². The monoisotopic (exact) mass is 468 g/mol. The van der Waals surface area contributed by atoms with Crippen molar-refractivity contribution in [3.63, 3.8) is 0 Å². The van der Waals surface area contributed by atoms with Gasteiger partial charge in [-0.1, -0.05) is 31.9 Å². The van der Waals surface area contributed by atoms with Gasteiger partial charge >= 0.3 is 5.97 Å². The predicted octanol–water partition coefficient (Wildman–Crippen LogP) is 3.87. The molecule has 0 saturated carbocycles. The maximum Gasteiger partial charge on any atom is 0.344 e. The number of halogens is 4. The molecule has 0 aliphatic carbocycles. The lowest BCUT2D eigenvalue weighted by molar-refractivity contribution is 0.0592. The molecule has 0 aliphatic rings. The molecule has 2 aromatic carbocycles. The number of hydrogen-bond acceptors (Lipinski definition) is 5. The number of phenolic OH excluding ortho intramolecular Hbond substituents is 1. The molecule has 0 unspecified atom stereocenters. The lowest BCUT2D eigenvalue weighted by Gasteiger charge is -2.03. The number of esters is 1. The number of carbonyl (C=O) groups is 1. The van der Waals surface area contributed by atoms with E-state index >= 15 is 0 Å². The first-order chi connectivity index (χ1) is 11.2. The van der Waals surface area contributed by atoms with Crippen molar-refractivity contribution in [3.8, 4) is 11.5 Å². The quantitative estimate of drug-likeness (QED) is 0.581. The zero-order valence-electron chi connectivity index (χ0n) is 12.2. The number of hydrogen-bond donors (Lipinski definition) is 3. The maximum absolute atomic E-state index is 13.1. The zero-order chi connectivity index (χ0) is 18.4. The second-order valence-electron chi connectivity index (χ2n) is 4.32. The van der Waals surface area contributed by atoms with Gasteiger partial charge in [0.25, 0.3) is 0 Å². The Morgan fingerprint density at radius 1 is 1.04 bits per heavy atom. The minimum atomic E-state index is -0.900. The molecular weight excluding hydrogens is 458 g/mol. The van der Waals surface area contributed by atoms with Crippen LogP contribution in [-0.2, 0) is 11.3 Å². The highest BCUT2D eigenvalue weighted by Crippen LogP contribution is 2.26. The van der Waals surface area contributed by atoms with Gasteiger partial charge in [0.05, 0.1) is 19.3 Å². The van der Waals surface area contributed by atoms with Crippen molar-refractivity contribution in [3.05, 3.63) is 56.0 Å². The molecule has 0 saturated heterocycles. The topological polar surface area (TPSA) is 87.0 Å². The molecule has 0 heterocycles. The Morgan fingerprint density at radius 2 is 1.54 bits per heavy atom. The van der Waals surface area contributed by atoms with Crippen molar-refractivity contribution < 1.29 is 33.6 Å². The first-order valence-electron chi connectivity index (χ1n) is 6.25. The molecule has 5 nitrogen and oxygen atoms in total. The van der Waals surface area contributed by atoms with Crippen molar-refractivity contribution >= 4 is 37.8 Å². The Kier molecular flexibility index (Phi) is 7.59. The van der Waals surface area contributed by atoms with Crippen LogP contribution in [0, 0.1) is 11.6 Å². The van der Waals surface area contributed by atoms with Gasteiger partial charge < -0.3 is 20.1 Å². The van der Waals surface area contributed by atoms with Crippen molar-refractivity contribution in [1.82, 2.24) is 0 Å². The van der Waals surface area contributed by atoms with Gasteiger partial charge in [0.15, 0.2) is 0 Å². The standard InChI is InChI=1S/C8H6BrFO3.C7H6BrFO2/c1-13-8(12)7-5(10)2-4(9)3-6(7)11;8-4-1-6(9)5(3-10)7(11)2-4/h2-3,11H,1H3;1-2,10-11H,3H2. The third kappa shape index (κ3) is 5.15. The first kappa shape index (κ1) is 20.3. The van der Waals surface area contributed by atoms with Gasteiger partial charge in [-0.15, -0.1) is 0 Å². The Hall–Kier alpha value is -1.71. The van der Waals surface area contributed by atoms with Crippen LogP contribution >= 0.6 is 31.9 Å². The average Bonchev–Trinajstić information content (AvgIpc) is 2.46. The number of ether oxygens (including phenoxy) is 1. The second kappa shape index (κ2) is 8.95. The average molecular weight is 470 g/mol. The van der Waals surface area contributed by atoms with Crippen LogP contribution in [0.1, 0.15) is 15.9 Å². The summed E-state index contributed by atoms with van der Waals surface area (Å²) >= 11 is 5.96. The van der Waals surface area contributed by atoms with Gasteiger partial charge in [0, 0.05) is 8.95 Å². The molecule has 3 N–H and O–H groups in total. The van der Waals surface area contributed by atoms with Crippen molar-refractivity contribution in [2.75, 3.05) is 7.11 Å². The summed E-state index contributed by atoms with van der Waals surface area (Å²) in [7, 11) is 1.11.